The van der Waals surface area contributed by atoms with E-state index in [1.807, 2.05) is 18.4 Å². The number of rotatable bonds is 12. The van der Waals surface area contributed by atoms with Gasteiger partial charge in [-0.1, -0.05) is 59.3 Å². The van der Waals surface area contributed by atoms with Crippen LogP contribution < -0.4 is 0 Å². The second-order valence-electron chi connectivity index (χ2n) is 12.8. The van der Waals surface area contributed by atoms with Crippen molar-refractivity contribution in [2.24, 2.45) is 17.3 Å². The van der Waals surface area contributed by atoms with Gasteiger partial charge in [0, 0.05) is 41.2 Å². The summed E-state index contributed by atoms with van der Waals surface area (Å²) in [6, 6.07) is 0. The number of ketones is 1. The number of piperidine rings is 1. The lowest BCUT2D eigenvalue weighted by atomic mass is 9.72. The van der Waals surface area contributed by atoms with E-state index in [1.54, 1.807) is 0 Å². The highest BCUT2D eigenvalue weighted by molar-refractivity contribution is 6.04. The number of unbranched alkanes of at least 4 members (excludes halogenated alkanes) is 6. The maximum absolute atomic E-state index is 14.1. The first-order valence-electron chi connectivity index (χ1n) is 15.4. The van der Waals surface area contributed by atoms with Gasteiger partial charge >= 0.3 is 5.97 Å². The van der Waals surface area contributed by atoms with E-state index >= 15 is 0 Å². The minimum absolute atomic E-state index is 0.0548. The molecule has 0 aromatic carbocycles. The fourth-order valence-electron chi connectivity index (χ4n) is 6.85. The molecule has 2 aliphatic carbocycles. The van der Waals surface area contributed by atoms with Gasteiger partial charge in [-0.2, -0.15) is 0 Å². The molecule has 38 heavy (non-hydrogen) atoms. The molecular weight excluding hydrogens is 476 g/mol. The van der Waals surface area contributed by atoms with Crippen molar-refractivity contribution in [2.75, 3.05) is 26.7 Å². The van der Waals surface area contributed by atoms with E-state index in [0.717, 1.165) is 87.0 Å². The van der Waals surface area contributed by atoms with E-state index in [2.05, 4.69) is 18.9 Å². The van der Waals surface area contributed by atoms with Crippen LogP contribution >= 0.6 is 0 Å². The van der Waals surface area contributed by atoms with E-state index in [-0.39, 0.29) is 30.2 Å². The molecule has 1 fully saturated rings. The predicted molar refractivity (Wildman–Crippen MR) is 151 cm³/mol. The Bertz CT molecular complexity index is 1010. The first-order chi connectivity index (χ1) is 18.2. The Balaban J connectivity index is 1.39. The lowest BCUT2D eigenvalue weighted by Gasteiger charge is -2.39. The molecule has 2 atom stereocenters. The molecule has 1 aliphatic heterocycles. The highest BCUT2D eigenvalue weighted by Crippen LogP contribution is 2.42. The Morgan fingerprint density at radius 2 is 1.71 bits per heavy atom. The van der Waals surface area contributed by atoms with Crippen LogP contribution in [0.4, 0.5) is 0 Å². The molecule has 0 N–H and O–H groups in total. The van der Waals surface area contributed by atoms with Crippen molar-refractivity contribution < 1.29 is 19.1 Å². The zero-order valence-electron chi connectivity index (χ0n) is 24.4. The van der Waals surface area contributed by atoms with Gasteiger partial charge in [0.1, 0.15) is 0 Å². The third kappa shape index (κ3) is 6.43. The van der Waals surface area contributed by atoms with Gasteiger partial charge in [-0.15, -0.1) is 0 Å². The van der Waals surface area contributed by atoms with E-state index in [4.69, 9.17) is 4.74 Å². The normalized spacial score (nSPS) is 21.5. The van der Waals surface area contributed by atoms with Crippen LogP contribution in [0.5, 0.6) is 0 Å². The van der Waals surface area contributed by atoms with Crippen LogP contribution in [0, 0.1) is 17.3 Å². The van der Waals surface area contributed by atoms with E-state index in [1.165, 1.54) is 32.1 Å². The largest absolute Gasteiger partial charge is 0.466 e. The van der Waals surface area contributed by atoms with Crippen molar-refractivity contribution in [2.45, 2.75) is 117 Å². The molecule has 4 rings (SSSR count). The first kappa shape index (κ1) is 29.0. The summed E-state index contributed by atoms with van der Waals surface area (Å²) in [7, 11) is 2.10. The van der Waals surface area contributed by atoms with Gasteiger partial charge in [0.2, 0.25) is 5.91 Å². The molecule has 0 amide bonds. The van der Waals surface area contributed by atoms with Crippen LogP contribution in [0.1, 0.15) is 130 Å². The van der Waals surface area contributed by atoms with E-state index < -0.39 is 5.41 Å². The molecule has 1 aromatic rings. The van der Waals surface area contributed by atoms with Gasteiger partial charge in [0.05, 0.1) is 6.61 Å². The summed E-state index contributed by atoms with van der Waals surface area (Å²) >= 11 is 0. The predicted octanol–water partition coefficient (Wildman–Crippen LogP) is 6.41. The van der Waals surface area contributed by atoms with Crippen LogP contribution in [0.2, 0.25) is 0 Å². The lowest BCUT2D eigenvalue weighted by Crippen LogP contribution is -2.46. The second kappa shape index (κ2) is 12.9. The summed E-state index contributed by atoms with van der Waals surface area (Å²) < 4.78 is 7.51. The van der Waals surface area contributed by atoms with Crippen LogP contribution in [0.15, 0.2) is 0 Å². The highest BCUT2D eigenvalue weighted by atomic mass is 16.5. The minimum atomic E-state index is -0.676. The van der Waals surface area contributed by atoms with Gasteiger partial charge < -0.3 is 9.64 Å². The van der Waals surface area contributed by atoms with Gasteiger partial charge in [0.25, 0.3) is 0 Å². The molecule has 0 spiro atoms. The molecule has 6 nitrogen and oxygen atoms in total. The topological polar surface area (TPSA) is 68.6 Å². The number of hydrogen-bond acceptors (Lipinski definition) is 5. The van der Waals surface area contributed by atoms with Crippen molar-refractivity contribution in [1.29, 1.82) is 0 Å². The average Bonchev–Trinajstić information content (AvgIpc) is 3.22. The van der Waals surface area contributed by atoms with Crippen LogP contribution in [0.3, 0.4) is 0 Å². The summed E-state index contributed by atoms with van der Waals surface area (Å²) in [5.41, 5.74) is 3.40. The third-order valence-electron chi connectivity index (χ3n) is 9.32. The number of fused-ring (bicyclic) bond motifs is 4. The first-order valence-corrected chi connectivity index (χ1v) is 15.4. The zero-order chi connectivity index (χ0) is 27.3. The number of aromatic nitrogens is 1. The lowest BCUT2D eigenvalue weighted by molar-refractivity contribution is -0.144. The maximum Gasteiger partial charge on any atom is 0.305 e. The van der Waals surface area contributed by atoms with Crippen molar-refractivity contribution in [3.05, 3.63) is 22.5 Å². The SMILES string of the molecule is CCCCCCCCCC(=O)OCCC(C)(C)C(=O)n1c2c(c3c1CC1CCN(C)CC1C3=O)CCCC2. The highest BCUT2D eigenvalue weighted by Gasteiger charge is 2.45. The number of carbonyl (C=O) groups is 3. The monoisotopic (exact) mass is 526 g/mol. The fourth-order valence-corrected chi connectivity index (χ4v) is 6.85. The van der Waals surface area contributed by atoms with Crippen molar-refractivity contribution in [3.63, 3.8) is 0 Å². The molecule has 0 bridgehead atoms. The molecule has 212 valence electrons. The third-order valence-corrected chi connectivity index (χ3v) is 9.32. The number of carbonyl (C=O) groups excluding carboxylic acids is 3. The second-order valence-corrected chi connectivity index (χ2v) is 12.8. The number of nitrogens with zero attached hydrogens (tertiary/aromatic N) is 2. The van der Waals surface area contributed by atoms with Crippen LogP contribution in [-0.2, 0) is 28.8 Å². The molecule has 2 heterocycles. The maximum atomic E-state index is 14.1. The number of hydrogen-bond donors (Lipinski definition) is 0. The summed E-state index contributed by atoms with van der Waals surface area (Å²) in [4.78, 5) is 42.4. The molecule has 0 radical (unpaired) electrons. The van der Waals surface area contributed by atoms with Gasteiger partial charge in [0.15, 0.2) is 5.78 Å². The summed E-state index contributed by atoms with van der Waals surface area (Å²) in [6.07, 6.45) is 14.9. The van der Waals surface area contributed by atoms with Gasteiger partial charge in [-0.3, -0.25) is 19.0 Å². The molecule has 1 aromatic heterocycles. The van der Waals surface area contributed by atoms with Crippen LogP contribution in [0.25, 0.3) is 0 Å². The molecule has 1 saturated heterocycles. The van der Waals surface area contributed by atoms with E-state index in [9.17, 15) is 14.4 Å². The molecular formula is C32H50N2O4. The standard InChI is InChI=1S/C32H50N2O4/c1-5-6-7-8-9-10-11-16-28(35)38-20-18-32(2,3)31(37)34-26-15-13-12-14-24(26)29-27(34)21-23-17-19-33(4)22-25(23)30(29)36/h23,25H,5-22H2,1-4H3. The van der Waals surface area contributed by atoms with Crippen molar-refractivity contribution in [3.8, 4) is 0 Å². The number of likely N-dealkylation sites (tertiary alicyclic amines) is 1. The Hall–Kier alpha value is -1.95. The molecule has 0 saturated carbocycles. The van der Waals surface area contributed by atoms with Crippen molar-refractivity contribution >= 4 is 17.7 Å². The Labute approximate surface area is 229 Å². The summed E-state index contributed by atoms with van der Waals surface area (Å²) in [5.74, 6) is 0.548. The Morgan fingerprint density at radius 3 is 2.47 bits per heavy atom. The molecule has 6 heteroatoms. The summed E-state index contributed by atoms with van der Waals surface area (Å²) in [5, 5.41) is 0. The fraction of sp³-hybridized carbons (Fsp3) is 0.781. The Morgan fingerprint density at radius 1 is 1.00 bits per heavy atom. The average molecular weight is 527 g/mol. The summed E-state index contributed by atoms with van der Waals surface area (Å²) in [6.45, 7) is 8.24. The number of Topliss-reactive ketones (excluding diaryl/α,β-unsaturated/α-hetero) is 1. The Kier molecular flexibility index (Phi) is 9.89. The van der Waals surface area contributed by atoms with E-state index in [0.29, 0.717) is 18.8 Å². The number of ether oxygens (including phenoxy) is 1. The molecule has 3 aliphatic rings. The quantitative estimate of drug-likeness (QED) is 0.232. The van der Waals surface area contributed by atoms with Crippen molar-refractivity contribution in [1.82, 2.24) is 9.47 Å². The smallest absolute Gasteiger partial charge is 0.305 e. The number of esters is 1. The molecule has 2 unspecified atom stereocenters. The van der Waals surface area contributed by atoms with Crippen LogP contribution in [-0.4, -0.2) is 53.9 Å². The zero-order valence-corrected chi connectivity index (χ0v) is 24.4. The van der Waals surface area contributed by atoms with Gasteiger partial charge in [-0.25, -0.2) is 0 Å². The van der Waals surface area contributed by atoms with Gasteiger partial charge in [-0.05, 0) is 76.4 Å². The minimum Gasteiger partial charge on any atom is -0.466 e.